The first-order valence-electron chi connectivity index (χ1n) is 38.8. The molecule has 21 atom stereocenters. The lowest BCUT2D eigenvalue weighted by Gasteiger charge is -2.68. The Balaban J connectivity index is 0.922. The molecule has 105 heavy (non-hydrogen) atoms. The van der Waals surface area contributed by atoms with Crippen molar-refractivity contribution in [3.8, 4) is 0 Å². The molecule has 0 radical (unpaired) electrons. The average molecular weight is 1420 g/mol. The number of hydrogen-bond acceptors (Lipinski definition) is 12. The van der Waals surface area contributed by atoms with Gasteiger partial charge in [0.25, 0.3) is 0 Å². The number of carboxylic acids is 1. The minimum atomic E-state index is -0.788. The Morgan fingerprint density at radius 3 is 1.16 bits per heavy atom. The highest BCUT2D eigenvalue weighted by atomic mass is 16.6. The Hall–Kier alpha value is -7.21. The van der Waals surface area contributed by atoms with Crippen molar-refractivity contribution in [2.24, 2.45) is 58.2 Å². The molecule has 4 saturated carbocycles. The van der Waals surface area contributed by atoms with E-state index in [9.17, 15) is 15.0 Å². The van der Waals surface area contributed by atoms with Gasteiger partial charge in [-0.3, -0.25) is 4.79 Å². The maximum absolute atomic E-state index is 12.9. The molecule has 0 spiro atoms. The number of fused-ring (bicyclic) bond motifs is 5. The number of carbonyl (C=O) groups is 1. The number of carboxylic acid groups (broad SMARTS) is 1. The van der Waals surface area contributed by atoms with E-state index in [0.717, 1.165) is 76.6 Å². The summed E-state index contributed by atoms with van der Waals surface area (Å²) in [6.45, 7) is 10.5. The van der Waals surface area contributed by atoms with Gasteiger partial charge in [0.2, 0.25) is 0 Å². The summed E-state index contributed by atoms with van der Waals surface area (Å²) in [5.74, 6) is -0.581. The molecule has 14 rings (SSSR count). The molecule has 8 aromatic carbocycles. The third kappa shape index (κ3) is 17.8. The van der Waals surface area contributed by atoms with Crippen molar-refractivity contribution in [3.05, 3.63) is 287 Å². The Labute approximate surface area is 622 Å². The Morgan fingerprint density at radius 1 is 0.419 bits per heavy atom. The molecule has 1 unspecified atom stereocenters. The van der Waals surface area contributed by atoms with Crippen LogP contribution in [0.5, 0.6) is 0 Å². The van der Waals surface area contributed by atoms with Gasteiger partial charge in [-0.15, -0.1) is 0 Å². The Morgan fingerprint density at radius 2 is 0.771 bits per heavy atom. The van der Waals surface area contributed by atoms with E-state index < -0.39 is 78.5 Å². The normalized spacial score (nSPS) is 31.8. The van der Waals surface area contributed by atoms with Crippen molar-refractivity contribution in [2.45, 2.75) is 199 Å². The zero-order valence-corrected chi connectivity index (χ0v) is 61.4. The van der Waals surface area contributed by atoms with Crippen molar-refractivity contribution >= 4 is 5.97 Å². The molecule has 6 aliphatic rings. The molecule has 6 fully saturated rings. The second-order valence-corrected chi connectivity index (χ2v) is 31.5. The van der Waals surface area contributed by atoms with Crippen LogP contribution in [0.15, 0.2) is 243 Å². The van der Waals surface area contributed by atoms with Crippen molar-refractivity contribution < 1.29 is 62.4 Å². The zero-order valence-electron chi connectivity index (χ0n) is 61.4. The Bertz CT molecular complexity index is 3880. The molecule has 8 aromatic rings. The van der Waals surface area contributed by atoms with Gasteiger partial charge in [0.05, 0.1) is 84.4 Å². The third-order valence-corrected chi connectivity index (χ3v) is 25.2. The van der Waals surface area contributed by atoms with Crippen LogP contribution in [0, 0.1) is 58.2 Å². The van der Waals surface area contributed by atoms with Gasteiger partial charge in [0.1, 0.15) is 48.8 Å². The smallest absolute Gasteiger partial charge is 0.303 e. The second kappa shape index (κ2) is 35.7. The summed E-state index contributed by atoms with van der Waals surface area (Å²) >= 11 is 0. The van der Waals surface area contributed by atoms with Crippen LogP contribution < -0.4 is 0 Å². The van der Waals surface area contributed by atoms with Crippen molar-refractivity contribution in [3.63, 3.8) is 0 Å². The highest BCUT2D eigenvalue weighted by Crippen LogP contribution is 2.73. The van der Waals surface area contributed by atoms with E-state index in [-0.39, 0.29) is 72.4 Å². The summed E-state index contributed by atoms with van der Waals surface area (Å²) in [6.07, 6.45) is -0.370. The van der Waals surface area contributed by atoms with E-state index in [1.54, 1.807) is 0 Å². The van der Waals surface area contributed by atoms with Crippen LogP contribution in [0.3, 0.4) is 0 Å². The fraction of sp³-hybridized carbons (Fsp3) is 0.467. The number of aliphatic hydroxyl groups is 1. The molecule has 0 aromatic heterocycles. The van der Waals surface area contributed by atoms with Crippen LogP contribution >= 0.6 is 0 Å². The van der Waals surface area contributed by atoms with Gasteiger partial charge in [-0.1, -0.05) is 263 Å². The van der Waals surface area contributed by atoms with Gasteiger partial charge in [-0.2, -0.15) is 0 Å². The monoisotopic (exact) mass is 1420 g/mol. The van der Waals surface area contributed by atoms with E-state index >= 15 is 0 Å². The van der Waals surface area contributed by atoms with E-state index in [2.05, 4.69) is 178 Å². The highest BCUT2D eigenvalue weighted by Gasteiger charge is 2.70. The summed E-state index contributed by atoms with van der Waals surface area (Å²) in [7, 11) is 0. The molecular weight excluding hydrogens is 1310 g/mol. The van der Waals surface area contributed by atoms with E-state index in [0.29, 0.717) is 72.1 Å². The fourth-order valence-electron chi connectivity index (χ4n) is 20.0. The van der Waals surface area contributed by atoms with Gasteiger partial charge in [0.15, 0.2) is 0 Å². The van der Waals surface area contributed by atoms with Crippen LogP contribution in [-0.2, 0) is 105 Å². The predicted octanol–water partition coefficient (Wildman–Crippen LogP) is 17.4. The largest absolute Gasteiger partial charge is 0.481 e. The average Bonchev–Trinajstić information content (AvgIpc) is 1.68. The van der Waals surface area contributed by atoms with Crippen molar-refractivity contribution in [1.82, 2.24) is 0 Å². The molecule has 2 N–H and O–H groups in total. The van der Waals surface area contributed by atoms with Gasteiger partial charge in [0, 0.05) is 6.42 Å². The van der Waals surface area contributed by atoms with Gasteiger partial charge in [-0.25, -0.2) is 0 Å². The molecule has 2 saturated heterocycles. The standard InChI is InChI=1S/C92H108O13/c1-63(44-47-81(94)95)75-45-46-76-82-74(83-87(100-57-68-36-20-8-21-37-68)89(102-59-70-40-24-10-25-41-70)85(98-55-66-32-16-6-17-33-66)79(104-83)61-96-53-64-28-12-4-13-29-64)51-72-50-73(93)48-49-91(72,2)77(82)52-78(92(75,76)3)84-88(101-58-69-38-22-9-23-39-69)90(103-60-71-42-26-11-27-43-71)86(99-56-67-34-18-7-19-35-67)80(105-84)62-97-54-65-30-14-5-15-31-65/h4-43,63,72-80,82-90,93H,44-62H2,1-3H3,(H,94,95)/t63-,72+,73-,74+,75-,76+,77+,78+,79-,80-,82+,83?,84+,85-,86-,87+,88+,89+,90+,91+,92-/m1/s1. The van der Waals surface area contributed by atoms with Gasteiger partial charge < -0.3 is 57.6 Å². The van der Waals surface area contributed by atoms with Crippen LogP contribution in [0.1, 0.15) is 123 Å². The lowest BCUT2D eigenvalue weighted by atomic mass is 9.39. The van der Waals surface area contributed by atoms with E-state index in [1.807, 2.05) is 84.9 Å². The van der Waals surface area contributed by atoms with Crippen molar-refractivity contribution in [1.29, 1.82) is 0 Å². The molecule has 13 heteroatoms. The van der Waals surface area contributed by atoms with E-state index in [4.69, 9.17) is 47.4 Å². The fourth-order valence-corrected chi connectivity index (χ4v) is 20.0. The second-order valence-electron chi connectivity index (χ2n) is 31.5. The molecule has 0 amide bonds. The predicted molar refractivity (Wildman–Crippen MR) is 405 cm³/mol. The molecule has 2 aliphatic heterocycles. The van der Waals surface area contributed by atoms with Crippen LogP contribution in [0.4, 0.5) is 0 Å². The van der Waals surface area contributed by atoms with E-state index in [1.165, 1.54) is 0 Å². The zero-order chi connectivity index (χ0) is 72.0. The lowest BCUT2D eigenvalue weighted by Crippen LogP contribution is -2.69. The first-order chi connectivity index (χ1) is 51.5. The summed E-state index contributed by atoms with van der Waals surface area (Å²) in [5.41, 5.74) is 7.63. The minimum Gasteiger partial charge on any atom is -0.481 e. The quantitative estimate of drug-likeness (QED) is 0.0412. The maximum atomic E-state index is 12.9. The number of rotatable bonds is 32. The SMILES string of the molecule is C[C@H](CCC(=O)O)[C@H]1CC[C@H]2[C@@H]3[C@@H](C4O[C@H](COCc5ccccc5)[C@@H](OCc5ccccc5)[C@H](OCc5ccccc5)[C@H]4OCc4ccccc4)C[C@@H]4C[C@H](O)CC[C@]4(C)[C@H]3C[C@@H]([C@@H]3O[C@H](COCc4ccccc4)[C@@H](OCc4ccccc4)[C@H](OCc4ccccc4)[C@H]3OCc3ccccc3)[C@]12C. The number of ether oxygens (including phenoxy) is 10. The van der Waals surface area contributed by atoms with Crippen molar-refractivity contribution in [2.75, 3.05) is 13.2 Å². The number of aliphatic carboxylic acids is 1. The minimum absolute atomic E-state index is 0.0343. The molecule has 554 valence electrons. The summed E-state index contributed by atoms with van der Waals surface area (Å²) in [4.78, 5) is 12.9. The topological polar surface area (TPSA) is 150 Å². The van der Waals surface area contributed by atoms with Crippen LogP contribution in [0.25, 0.3) is 0 Å². The summed E-state index contributed by atoms with van der Waals surface area (Å²) in [5, 5.41) is 22.8. The maximum Gasteiger partial charge on any atom is 0.303 e. The summed E-state index contributed by atoms with van der Waals surface area (Å²) < 4.78 is 75.4. The molecule has 2 heterocycles. The third-order valence-electron chi connectivity index (χ3n) is 25.2. The first kappa shape index (κ1) is 74.6. The van der Waals surface area contributed by atoms with Crippen LogP contribution in [-0.4, -0.2) is 96.5 Å². The van der Waals surface area contributed by atoms with Gasteiger partial charge >= 0.3 is 5.97 Å². The molecule has 0 bridgehead atoms. The number of aliphatic hydroxyl groups excluding tert-OH is 1. The molecular formula is C92H108O13. The van der Waals surface area contributed by atoms with Gasteiger partial charge in [-0.05, 0) is 154 Å². The molecule has 13 nitrogen and oxygen atoms in total. The summed E-state index contributed by atoms with van der Waals surface area (Å²) in [6, 6.07) is 83.0. The lowest BCUT2D eigenvalue weighted by molar-refractivity contribution is -0.313. The number of benzene rings is 8. The van der Waals surface area contributed by atoms with Crippen LogP contribution in [0.2, 0.25) is 0 Å². The molecule has 4 aliphatic carbocycles. The highest BCUT2D eigenvalue weighted by molar-refractivity contribution is 5.66. The Kier molecular flexibility index (Phi) is 25.4. The number of hydrogen-bond donors (Lipinski definition) is 2. The first-order valence-corrected chi connectivity index (χ1v) is 38.8.